The number of hydrogen-bond donors (Lipinski definition) is 0. The van der Waals surface area contributed by atoms with E-state index in [4.69, 9.17) is 44.0 Å². The Hall–Kier alpha value is -2.65. The number of furan rings is 1. The van der Waals surface area contributed by atoms with Gasteiger partial charge in [-0.15, -0.1) is 6.58 Å². The molecule has 160 valence electrons. The van der Waals surface area contributed by atoms with E-state index in [-0.39, 0.29) is 26.8 Å². The van der Waals surface area contributed by atoms with Crippen molar-refractivity contribution in [2.75, 3.05) is 12.0 Å². The molecule has 0 saturated heterocycles. The Bertz CT molecular complexity index is 1110. The van der Waals surface area contributed by atoms with E-state index in [0.29, 0.717) is 24.5 Å². The van der Waals surface area contributed by atoms with Gasteiger partial charge in [0.1, 0.15) is 28.2 Å². The van der Waals surface area contributed by atoms with Crippen LogP contribution >= 0.6 is 34.8 Å². The summed E-state index contributed by atoms with van der Waals surface area (Å²) in [6.07, 6.45) is 2.21. The maximum Gasteiger partial charge on any atom is 0.151 e. The molecular weight excluding hydrogens is 457 g/mol. The van der Waals surface area contributed by atoms with Gasteiger partial charge in [-0.2, -0.15) is 5.26 Å². The average Bonchev–Trinajstić information content (AvgIpc) is 3.27. The second kappa shape index (κ2) is 10.1. The third-order valence-electron chi connectivity index (χ3n) is 4.73. The first-order chi connectivity index (χ1) is 14.8. The van der Waals surface area contributed by atoms with Crippen molar-refractivity contribution in [1.82, 2.24) is 4.98 Å². The molecule has 0 N–H and O–H groups in total. The standard InChI is InChI=1S/C23H20Cl3N3O2/c1-14(2)11-19(15-6-8-16(30-3)9-7-15)29(13-17-5-4-10-31-17)23-21(25)20(24)18(12-27)22(26)28-23/h4-10,19H,1,11,13H2,2-3H3. The number of anilines is 1. The summed E-state index contributed by atoms with van der Waals surface area (Å²) in [6, 6.07) is 13.1. The Balaban J connectivity index is 2.18. The highest BCUT2D eigenvalue weighted by Gasteiger charge is 2.28. The van der Waals surface area contributed by atoms with E-state index in [1.807, 2.05) is 54.3 Å². The topological polar surface area (TPSA) is 62.3 Å². The predicted molar refractivity (Wildman–Crippen MR) is 124 cm³/mol. The number of halogens is 3. The number of methoxy groups -OCH3 is 1. The smallest absolute Gasteiger partial charge is 0.151 e. The van der Waals surface area contributed by atoms with Crippen LogP contribution in [0.2, 0.25) is 15.2 Å². The van der Waals surface area contributed by atoms with Crippen LogP contribution < -0.4 is 9.64 Å². The summed E-state index contributed by atoms with van der Waals surface area (Å²) >= 11 is 19.2. The molecule has 0 fully saturated rings. The van der Waals surface area contributed by atoms with Crippen molar-refractivity contribution in [1.29, 1.82) is 5.26 Å². The molecule has 0 bridgehead atoms. The number of pyridine rings is 1. The van der Waals surface area contributed by atoms with Crippen LogP contribution in [0.15, 0.2) is 59.2 Å². The summed E-state index contributed by atoms with van der Waals surface area (Å²) in [5.74, 6) is 1.81. The molecule has 2 heterocycles. The number of ether oxygens (including phenoxy) is 1. The maximum absolute atomic E-state index is 9.35. The van der Waals surface area contributed by atoms with Gasteiger partial charge < -0.3 is 14.1 Å². The monoisotopic (exact) mass is 475 g/mol. The fourth-order valence-electron chi connectivity index (χ4n) is 3.25. The highest BCUT2D eigenvalue weighted by atomic mass is 35.5. The lowest BCUT2D eigenvalue weighted by Crippen LogP contribution is -2.30. The first-order valence-electron chi connectivity index (χ1n) is 9.37. The average molecular weight is 477 g/mol. The third-order valence-corrected chi connectivity index (χ3v) is 5.83. The summed E-state index contributed by atoms with van der Waals surface area (Å²) in [6.45, 7) is 6.39. The largest absolute Gasteiger partial charge is 0.497 e. The van der Waals surface area contributed by atoms with Crippen LogP contribution in [-0.2, 0) is 6.54 Å². The van der Waals surface area contributed by atoms with Crippen LogP contribution in [-0.4, -0.2) is 12.1 Å². The highest BCUT2D eigenvalue weighted by molar-refractivity contribution is 6.45. The van der Waals surface area contributed by atoms with E-state index < -0.39 is 0 Å². The summed E-state index contributed by atoms with van der Waals surface area (Å²) in [5.41, 5.74) is 1.99. The minimum Gasteiger partial charge on any atom is -0.497 e. The molecule has 1 unspecified atom stereocenters. The van der Waals surface area contributed by atoms with E-state index in [0.717, 1.165) is 16.9 Å². The van der Waals surface area contributed by atoms with Gasteiger partial charge in [-0.05, 0) is 43.2 Å². The molecule has 2 aromatic heterocycles. The first-order valence-corrected chi connectivity index (χ1v) is 10.5. The second-order valence-electron chi connectivity index (χ2n) is 7.00. The molecule has 0 aliphatic heterocycles. The highest BCUT2D eigenvalue weighted by Crippen LogP contribution is 2.42. The first kappa shape index (κ1) is 23.0. The van der Waals surface area contributed by atoms with Gasteiger partial charge in [0.25, 0.3) is 0 Å². The number of benzene rings is 1. The summed E-state index contributed by atoms with van der Waals surface area (Å²) < 4.78 is 10.9. The minimum atomic E-state index is -0.210. The SMILES string of the molecule is C=C(C)CC(c1ccc(OC)cc1)N(Cc1ccco1)c1nc(Cl)c(C#N)c(Cl)c1Cl. The molecule has 1 atom stereocenters. The molecule has 0 saturated carbocycles. The lowest BCUT2D eigenvalue weighted by Gasteiger charge is -2.34. The number of rotatable bonds is 8. The van der Waals surface area contributed by atoms with Crippen molar-refractivity contribution < 1.29 is 9.15 Å². The Morgan fingerprint density at radius 3 is 2.48 bits per heavy atom. The zero-order valence-electron chi connectivity index (χ0n) is 17.0. The normalized spacial score (nSPS) is 11.6. The molecule has 8 heteroatoms. The fourth-order valence-corrected chi connectivity index (χ4v) is 3.98. The number of aromatic nitrogens is 1. The van der Waals surface area contributed by atoms with Gasteiger partial charge in [-0.1, -0.05) is 52.5 Å². The van der Waals surface area contributed by atoms with Gasteiger partial charge in [-0.3, -0.25) is 0 Å². The fraction of sp³-hybridized carbons (Fsp3) is 0.217. The second-order valence-corrected chi connectivity index (χ2v) is 8.11. The lowest BCUT2D eigenvalue weighted by atomic mass is 9.98. The van der Waals surface area contributed by atoms with Crippen LogP contribution in [0.5, 0.6) is 5.75 Å². The Kier molecular flexibility index (Phi) is 7.50. The molecule has 1 aromatic carbocycles. The quantitative estimate of drug-likeness (QED) is 0.253. The van der Waals surface area contributed by atoms with Crippen molar-refractivity contribution in [3.05, 3.63) is 86.9 Å². The molecule has 0 aliphatic carbocycles. The zero-order valence-corrected chi connectivity index (χ0v) is 19.3. The number of nitriles is 1. The molecule has 0 radical (unpaired) electrons. The molecule has 5 nitrogen and oxygen atoms in total. The Labute approximate surface area is 196 Å². The van der Waals surface area contributed by atoms with E-state index in [9.17, 15) is 5.26 Å². The summed E-state index contributed by atoms with van der Waals surface area (Å²) in [7, 11) is 1.62. The summed E-state index contributed by atoms with van der Waals surface area (Å²) in [4.78, 5) is 6.38. The minimum absolute atomic E-state index is 0.0137. The van der Waals surface area contributed by atoms with E-state index in [1.54, 1.807) is 13.4 Å². The van der Waals surface area contributed by atoms with Gasteiger partial charge in [-0.25, -0.2) is 4.98 Å². The van der Waals surface area contributed by atoms with E-state index in [1.165, 1.54) is 0 Å². The van der Waals surface area contributed by atoms with Crippen molar-refractivity contribution >= 4 is 40.6 Å². The van der Waals surface area contributed by atoms with Gasteiger partial charge in [0.15, 0.2) is 11.0 Å². The van der Waals surface area contributed by atoms with Crippen LogP contribution in [0.25, 0.3) is 0 Å². The molecule has 31 heavy (non-hydrogen) atoms. The molecule has 0 amide bonds. The third kappa shape index (κ3) is 5.16. The number of hydrogen-bond acceptors (Lipinski definition) is 5. The van der Waals surface area contributed by atoms with Crippen molar-refractivity contribution in [2.24, 2.45) is 0 Å². The van der Waals surface area contributed by atoms with Crippen LogP contribution in [0.4, 0.5) is 5.82 Å². The molecule has 0 aliphatic rings. The maximum atomic E-state index is 9.35. The van der Waals surface area contributed by atoms with Crippen molar-refractivity contribution in [3.63, 3.8) is 0 Å². The molecule has 0 spiro atoms. The van der Waals surface area contributed by atoms with Crippen LogP contribution in [0, 0.1) is 11.3 Å². The van der Waals surface area contributed by atoms with E-state index in [2.05, 4.69) is 11.6 Å². The van der Waals surface area contributed by atoms with Crippen molar-refractivity contribution in [2.45, 2.75) is 25.9 Å². The zero-order chi connectivity index (χ0) is 22.5. The van der Waals surface area contributed by atoms with Gasteiger partial charge >= 0.3 is 0 Å². The van der Waals surface area contributed by atoms with Gasteiger partial charge in [0.2, 0.25) is 0 Å². The van der Waals surface area contributed by atoms with Crippen LogP contribution in [0.3, 0.4) is 0 Å². The number of nitrogens with zero attached hydrogens (tertiary/aromatic N) is 3. The predicted octanol–water partition coefficient (Wildman–Crippen LogP) is 7.23. The van der Waals surface area contributed by atoms with Gasteiger partial charge in [0, 0.05) is 0 Å². The molecule has 3 aromatic rings. The Morgan fingerprint density at radius 1 is 1.23 bits per heavy atom. The van der Waals surface area contributed by atoms with E-state index >= 15 is 0 Å². The molecule has 3 rings (SSSR count). The lowest BCUT2D eigenvalue weighted by molar-refractivity contribution is 0.414. The van der Waals surface area contributed by atoms with Crippen molar-refractivity contribution in [3.8, 4) is 11.8 Å². The Morgan fingerprint density at radius 2 is 1.94 bits per heavy atom. The molecular formula is C23H20Cl3N3O2. The summed E-state index contributed by atoms with van der Waals surface area (Å²) in [5, 5.41) is 9.54. The van der Waals surface area contributed by atoms with Crippen LogP contribution in [0.1, 0.15) is 36.3 Å². The van der Waals surface area contributed by atoms with Gasteiger partial charge in [0.05, 0.1) is 31.0 Å².